The average molecular weight is 325 g/mol. The van der Waals surface area contributed by atoms with Gasteiger partial charge in [-0.3, -0.25) is 9.69 Å². The van der Waals surface area contributed by atoms with Gasteiger partial charge in [0.15, 0.2) is 0 Å². The van der Waals surface area contributed by atoms with Crippen LogP contribution in [0.25, 0.3) is 0 Å². The van der Waals surface area contributed by atoms with E-state index < -0.39 is 0 Å². The average Bonchev–Trinajstić information content (AvgIpc) is 2.86. The highest BCUT2D eigenvalue weighted by Crippen LogP contribution is 2.26. The highest BCUT2D eigenvalue weighted by molar-refractivity contribution is 7.13. The Balaban J connectivity index is 1.79. The van der Waals surface area contributed by atoms with Crippen LogP contribution in [0.15, 0.2) is 6.20 Å². The molecule has 0 aliphatic carbocycles. The van der Waals surface area contributed by atoms with Gasteiger partial charge in [-0.05, 0) is 13.8 Å². The summed E-state index contributed by atoms with van der Waals surface area (Å²) in [5, 5.41) is 3.98. The van der Waals surface area contributed by atoms with Crippen LogP contribution in [0.4, 0.5) is 0 Å². The van der Waals surface area contributed by atoms with Crippen LogP contribution < -0.4 is 5.32 Å². The van der Waals surface area contributed by atoms with Gasteiger partial charge in [0, 0.05) is 31.6 Å². The number of carbonyl (C=O) groups is 1. The summed E-state index contributed by atoms with van der Waals surface area (Å²) in [4.78, 5) is 19.6. The van der Waals surface area contributed by atoms with Crippen LogP contribution in [0.1, 0.15) is 49.3 Å². The van der Waals surface area contributed by atoms with Crippen molar-refractivity contribution in [1.29, 1.82) is 0 Å². The van der Waals surface area contributed by atoms with Crippen LogP contribution >= 0.6 is 11.3 Å². The zero-order chi connectivity index (χ0) is 16.3. The molecule has 22 heavy (non-hydrogen) atoms. The van der Waals surface area contributed by atoms with Gasteiger partial charge in [0.1, 0.15) is 4.88 Å². The Kier molecular flexibility index (Phi) is 5.58. The van der Waals surface area contributed by atoms with Crippen molar-refractivity contribution in [1.82, 2.24) is 15.2 Å². The molecule has 1 fully saturated rings. The second kappa shape index (κ2) is 7.06. The van der Waals surface area contributed by atoms with Crippen LogP contribution in [0.2, 0.25) is 0 Å². The molecule has 5 nitrogen and oxygen atoms in total. The van der Waals surface area contributed by atoms with Crippen LogP contribution in [-0.2, 0) is 10.2 Å². The maximum Gasteiger partial charge on any atom is 0.263 e. The predicted octanol–water partition coefficient (Wildman–Crippen LogP) is 2.28. The van der Waals surface area contributed by atoms with Gasteiger partial charge >= 0.3 is 0 Å². The van der Waals surface area contributed by atoms with E-state index in [4.69, 9.17) is 4.74 Å². The Morgan fingerprint density at radius 3 is 2.59 bits per heavy atom. The summed E-state index contributed by atoms with van der Waals surface area (Å²) in [6, 6.07) is 0. The number of thiazole rings is 1. The third-order valence-electron chi connectivity index (χ3n) is 3.58. The van der Waals surface area contributed by atoms with Crippen molar-refractivity contribution >= 4 is 17.2 Å². The molecule has 1 amide bonds. The minimum absolute atomic E-state index is 0.0106. The molecule has 124 valence electrons. The van der Waals surface area contributed by atoms with Gasteiger partial charge in [-0.25, -0.2) is 4.98 Å². The van der Waals surface area contributed by atoms with Crippen molar-refractivity contribution in [3.8, 4) is 0 Å². The fourth-order valence-corrected chi connectivity index (χ4v) is 3.50. The van der Waals surface area contributed by atoms with Gasteiger partial charge < -0.3 is 10.1 Å². The Labute approximate surface area is 137 Å². The number of carbonyl (C=O) groups excluding carboxylic acids is 1. The van der Waals surface area contributed by atoms with Crippen molar-refractivity contribution in [2.24, 2.45) is 0 Å². The minimum atomic E-state index is -0.0256. The van der Waals surface area contributed by atoms with Crippen LogP contribution in [0, 0.1) is 0 Å². The van der Waals surface area contributed by atoms with Crippen LogP contribution in [0.3, 0.4) is 0 Å². The normalized spacial score (nSPS) is 23.5. The van der Waals surface area contributed by atoms with Crippen LogP contribution in [-0.4, -0.2) is 54.2 Å². The predicted molar refractivity (Wildman–Crippen MR) is 89.6 cm³/mol. The van der Waals surface area contributed by atoms with E-state index in [1.165, 1.54) is 11.3 Å². The molecule has 2 atom stereocenters. The molecular formula is C16H27N3O2S. The van der Waals surface area contributed by atoms with E-state index in [1.807, 2.05) is 0 Å². The fraction of sp³-hybridized carbons (Fsp3) is 0.750. The molecule has 1 aromatic rings. The number of aromatic nitrogens is 1. The van der Waals surface area contributed by atoms with E-state index in [9.17, 15) is 4.79 Å². The van der Waals surface area contributed by atoms with Gasteiger partial charge in [0.05, 0.1) is 23.4 Å². The maximum atomic E-state index is 12.2. The maximum absolute atomic E-state index is 12.2. The third kappa shape index (κ3) is 4.76. The molecule has 1 aliphatic rings. The highest BCUT2D eigenvalue weighted by atomic mass is 32.1. The van der Waals surface area contributed by atoms with Gasteiger partial charge in [0.2, 0.25) is 0 Å². The lowest BCUT2D eigenvalue weighted by atomic mass is 9.98. The molecule has 0 spiro atoms. The number of morpholine rings is 1. The smallest absolute Gasteiger partial charge is 0.263 e. The number of amides is 1. The molecule has 0 bridgehead atoms. The Morgan fingerprint density at radius 1 is 1.41 bits per heavy atom. The summed E-state index contributed by atoms with van der Waals surface area (Å²) in [5.74, 6) is -0.0256. The number of nitrogens with one attached hydrogen (secondary N) is 1. The highest BCUT2D eigenvalue weighted by Gasteiger charge is 2.22. The number of hydrogen-bond donors (Lipinski definition) is 1. The zero-order valence-corrected chi connectivity index (χ0v) is 15.0. The number of ether oxygens (including phenoxy) is 1. The fourth-order valence-electron chi connectivity index (χ4n) is 2.61. The Bertz CT molecular complexity index is 500. The molecule has 6 heteroatoms. The first-order valence-electron chi connectivity index (χ1n) is 7.88. The minimum Gasteiger partial charge on any atom is -0.373 e. The van der Waals surface area contributed by atoms with E-state index in [1.54, 1.807) is 6.20 Å². The summed E-state index contributed by atoms with van der Waals surface area (Å²) in [6.07, 6.45) is 2.20. The summed E-state index contributed by atoms with van der Waals surface area (Å²) in [6.45, 7) is 13.9. The first-order valence-corrected chi connectivity index (χ1v) is 8.69. The third-order valence-corrected chi connectivity index (χ3v) is 5.00. The zero-order valence-electron chi connectivity index (χ0n) is 14.2. The van der Waals surface area contributed by atoms with Gasteiger partial charge in [-0.15, -0.1) is 11.3 Å². The van der Waals surface area contributed by atoms with E-state index in [0.29, 0.717) is 11.4 Å². The van der Waals surface area contributed by atoms with Gasteiger partial charge in [0.25, 0.3) is 5.91 Å². The molecule has 1 N–H and O–H groups in total. The summed E-state index contributed by atoms with van der Waals surface area (Å²) in [5.41, 5.74) is -0.0106. The second-order valence-electron chi connectivity index (χ2n) is 7.05. The lowest BCUT2D eigenvalue weighted by molar-refractivity contribution is -0.0672. The quantitative estimate of drug-likeness (QED) is 0.923. The Morgan fingerprint density at radius 2 is 2.05 bits per heavy atom. The topological polar surface area (TPSA) is 54.5 Å². The lowest BCUT2D eigenvalue weighted by Gasteiger charge is -2.35. The van der Waals surface area contributed by atoms with Gasteiger partial charge in [-0.2, -0.15) is 0 Å². The van der Waals surface area contributed by atoms with Crippen molar-refractivity contribution < 1.29 is 9.53 Å². The molecule has 2 rings (SSSR count). The standard InChI is InChI=1S/C16H27N3O2S/c1-11-9-19(10-12(2)21-11)7-6-17-14(20)13-8-18-15(22-13)16(3,4)5/h8,11-12H,6-7,9-10H2,1-5H3,(H,17,20)/t11-,12-/m1/s1. The number of hydrogen-bond acceptors (Lipinski definition) is 5. The first kappa shape index (κ1) is 17.4. The van der Waals surface area contributed by atoms with Crippen molar-refractivity contribution in [3.05, 3.63) is 16.1 Å². The lowest BCUT2D eigenvalue weighted by Crippen LogP contribution is -2.47. The van der Waals surface area contributed by atoms with E-state index in [-0.39, 0.29) is 23.5 Å². The summed E-state index contributed by atoms with van der Waals surface area (Å²) in [7, 11) is 0. The van der Waals surface area contributed by atoms with Crippen molar-refractivity contribution in [3.63, 3.8) is 0 Å². The van der Waals surface area contributed by atoms with Crippen molar-refractivity contribution in [2.45, 2.75) is 52.2 Å². The molecule has 0 aromatic carbocycles. The molecule has 0 unspecified atom stereocenters. The molecule has 1 aromatic heterocycles. The monoisotopic (exact) mass is 325 g/mol. The first-order chi connectivity index (χ1) is 10.3. The van der Waals surface area contributed by atoms with E-state index >= 15 is 0 Å². The van der Waals surface area contributed by atoms with Crippen LogP contribution in [0.5, 0.6) is 0 Å². The molecule has 0 saturated carbocycles. The van der Waals surface area contributed by atoms with Crippen molar-refractivity contribution in [2.75, 3.05) is 26.2 Å². The molecule has 2 heterocycles. The second-order valence-corrected chi connectivity index (χ2v) is 8.08. The largest absolute Gasteiger partial charge is 0.373 e. The Hall–Kier alpha value is -0.980. The number of nitrogens with zero attached hydrogens (tertiary/aromatic N) is 2. The van der Waals surface area contributed by atoms with E-state index in [2.05, 4.69) is 49.8 Å². The molecule has 0 radical (unpaired) electrons. The summed E-state index contributed by atoms with van der Waals surface area (Å²) >= 11 is 1.48. The molecular weight excluding hydrogens is 298 g/mol. The molecule has 1 saturated heterocycles. The van der Waals surface area contributed by atoms with E-state index in [0.717, 1.165) is 24.6 Å². The molecule has 1 aliphatic heterocycles. The SMILES string of the molecule is C[C@@H]1CN(CCNC(=O)c2cnc(C(C)(C)C)s2)C[C@@H](C)O1. The summed E-state index contributed by atoms with van der Waals surface area (Å²) < 4.78 is 5.71. The number of rotatable bonds is 4. The van der Waals surface area contributed by atoms with Gasteiger partial charge in [-0.1, -0.05) is 20.8 Å².